The average molecular weight is 404 g/mol. The maximum Gasteiger partial charge on any atom is 0.419 e. The Morgan fingerprint density at radius 1 is 1.10 bits per heavy atom. The van der Waals surface area contributed by atoms with Gasteiger partial charge >= 0.3 is 6.18 Å². The summed E-state index contributed by atoms with van der Waals surface area (Å²) in [5.41, 5.74) is 2.30. The highest BCUT2D eigenvalue weighted by Crippen LogP contribution is 2.39. The molecule has 0 N–H and O–H groups in total. The van der Waals surface area contributed by atoms with Gasteiger partial charge < -0.3 is 9.26 Å². The SMILES string of the molecule is CCCc1ccc(-c2nc(-c3ccc(OC(C)C)c(C(F)(F)F)c3)no2)c(C)c1. The van der Waals surface area contributed by atoms with Crippen molar-refractivity contribution >= 4 is 0 Å². The van der Waals surface area contributed by atoms with Crippen molar-refractivity contribution in [2.24, 2.45) is 0 Å². The topological polar surface area (TPSA) is 48.2 Å². The molecule has 4 nitrogen and oxygen atoms in total. The fourth-order valence-electron chi connectivity index (χ4n) is 3.11. The number of ether oxygens (including phenoxy) is 1. The van der Waals surface area contributed by atoms with Gasteiger partial charge in [-0.1, -0.05) is 30.6 Å². The van der Waals surface area contributed by atoms with Crippen LogP contribution in [0.25, 0.3) is 22.8 Å². The normalized spacial score (nSPS) is 11.9. The van der Waals surface area contributed by atoms with Crippen molar-refractivity contribution < 1.29 is 22.4 Å². The van der Waals surface area contributed by atoms with Gasteiger partial charge in [0.15, 0.2) is 0 Å². The van der Waals surface area contributed by atoms with E-state index in [1.54, 1.807) is 13.8 Å². The van der Waals surface area contributed by atoms with Crippen LogP contribution < -0.4 is 4.74 Å². The maximum atomic E-state index is 13.5. The van der Waals surface area contributed by atoms with Crippen LogP contribution in [0.3, 0.4) is 0 Å². The number of nitrogens with zero attached hydrogens (tertiary/aromatic N) is 2. The smallest absolute Gasteiger partial charge is 0.419 e. The van der Waals surface area contributed by atoms with Crippen LogP contribution >= 0.6 is 0 Å². The molecule has 0 aliphatic carbocycles. The molecule has 0 radical (unpaired) electrons. The predicted octanol–water partition coefficient (Wildman–Crippen LogP) is 6.47. The largest absolute Gasteiger partial charge is 0.490 e. The fourth-order valence-corrected chi connectivity index (χ4v) is 3.11. The summed E-state index contributed by atoms with van der Waals surface area (Å²) in [7, 11) is 0. The van der Waals surface area contributed by atoms with Crippen LogP contribution in [0.15, 0.2) is 40.9 Å². The van der Waals surface area contributed by atoms with E-state index in [1.165, 1.54) is 17.7 Å². The Bertz CT molecular complexity index is 994. The maximum absolute atomic E-state index is 13.5. The number of rotatable bonds is 6. The fraction of sp³-hybridized carbons (Fsp3) is 0.364. The standard InChI is InChI=1S/C22H23F3N2O2/c1-5-6-15-7-9-17(14(4)11-15)21-26-20(27-29-21)16-8-10-19(28-13(2)3)18(12-16)22(23,24)25/h7-13H,5-6H2,1-4H3. The first-order chi connectivity index (χ1) is 13.7. The van der Waals surface area contributed by atoms with Crippen molar-refractivity contribution in [1.82, 2.24) is 10.1 Å². The van der Waals surface area contributed by atoms with Crippen molar-refractivity contribution in [3.63, 3.8) is 0 Å². The van der Waals surface area contributed by atoms with Gasteiger partial charge in [-0.25, -0.2) is 0 Å². The van der Waals surface area contributed by atoms with Crippen molar-refractivity contribution in [3.05, 3.63) is 53.1 Å². The van der Waals surface area contributed by atoms with Gasteiger partial charge in [-0.3, -0.25) is 0 Å². The van der Waals surface area contributed by atoms with E-state index in [-0.39, 0.29) is 29.1 Å². The zero-order chi connectivity index (χ0) is 21.2. The number of halogens is 3. The highest BCUT2D eigenvalue weighted by Gasteiger charge is 2.35. The van der Waals surface area contributed by atoms with Crippen molar-refractivity contribution in [2.75, 3.05) is 0 Å². The van der Waals surface area contributed by atoms with E-state index in [0.717, 1.165) is 30.0 Å². The summed E-state index contributed by atoms with van der Waals surface area (Å²) < 4.78 is 51.1. The number of alkyl halides is 3. The first kappa shape index (κ1) is 20.9. The van der Waals surface area contributed by atoms with Crippen LogP contribution in [-0.4, -0.2) is 16.2 Å². The number of hydrogen-bond acceptors (Lipinski definition) is 4. The zero-order valence-electron chi connectivity index (χ0n) is 16.8. The van der Waals surface area contributed by atoms with E-state index in [4.69, 9.17) is 9.26 Å². The lowest BCUT2D eigenvalue weighted by atomic mass is 10.0. The van der Waals surface area contributed by atoms with Crippen LogP contribution in [0.4, 0.5) is 13.2 Å². The average Bonchev–Trinajstić information content (AvgIpc) is 3.11. The van der Waals surface area contributed by atoms with E-state index < -0.39 is 11.7 Å². The minimum Gasteiger partial charge on any atom is -0.490 e. The molecule has 0 aliphatic heterocycles. The van der Waals surface area contributed by atoms with Crippen LogP contribution in [0.1, 0.15) is 43.9 Å². The van der Waals surface area contributed by atoms with Crippen LogP contribution in [0, 0.1) is 6.92 Å². The lowest BCUT2D eigenvalue weighted by molar-refractivity contribution is -0.139. The van der Waals surface area contributed by atoms with Crippen LogP contribution in [0.2, 0.25) is 0 Å². The van der Waals surface area contributed by atoms with Crippen molar-refractivity contribution in [3.8, 4) is 28.6 Å². The second-order valence-electron chi connectivity index (χ2n) is 7.20. The van der Waals surface area contributed by atoms with Crippen LogP contribution in [-0.2, 0) is 12.6 Å². The van der Waals surface area contributed by atoms with Crippen molar-refractivity contribution in [2.45, 2.75) is 52.8 Å². The third kappa shape index (κ3) is 4.78. The van der Waals surface area contributed by atoms with Crippen LogP contribution in [0.5, 0.6) is 5.75 Å². The zero-order valence-corrected chi connectivity index (χ0v) is 16.8. The van der Waals surface area contributed by atoms with Gasteiger partial charge in [0.2, 0.25) is 5.82 Å². The Labute approximate surface area is 167 Å². The molecule has 0 spiro atoms. The predicted molar refractivity (Wildman–Crippen MR) is 105 cm³/mol. The molecule has 1 heterocycles. The molecular formula is C22H23F3N2O2. The second kappa shape index (κ2) is 8.27. The van der Waals surface area contributed by atoms with Gasteiger partial charge in [-0.05, 0) is 62.6 Å². The molecule has 3 rings (SSSR count). The highest BCUT2D eigenvalue weighted by atomic mass is 19.4. The first-order valence-electron chi connectivity index (χ1n) is 9.51. The monoisotopic (exact) mass is 404 g/mol. The summed E-state index contributed by atoms with van der Waals surface area (Å²) in [6, 6.07) is 9.73. The van der Waals surface area contributed by atoms with Crippen molar-refractivity contribution in [1.29, 1.82) is 0 Å². The summed E-state index contributed by atoms with van der Waals surface area (Å²) in [6.07, 6.45) is -2.92. The van der Waals surface area contributed by atoms with E-state index in [9.17, 15) is 13.2 Å². The summed E-state index contributed by atoms with van der Waals surface area (Å²) in [6.45, 7) is 7.40. The Balaban J connectivity index is 1.96. The molecule has 0 saturated heterocycles. The summed E-state index contributed by atoms with van der Waals surface area (Å²) in [4.78, 5) is 4.32. The number of hydrogen-bond donors (Lipinski definition) is 0. The molecule has 7 heteroatoms. The molecule has 1 aromatic heterocycles. The molecule has 0 aliphatic rings. The quantitative estimate of drug-likeness (QED) is 0.472. The van der Waals surface area contributed by atoms with Gasteiger partial charge in [-0.2, -0.15) is 18.2 Å². The molecule has 3 aromatic rings. The molecule has 2 aromatic carbocycles. The van der Waals surface area contributed by atoms with Gasteiger partial charge in [0.05, 0.1) is 11.7 Å². The minimum atomic E-state index is -4.56. The molecule has 0 atom stereocenters. The molecular weight excluding hydrogens is 381 g/mol. The van der Waals surface area contributed by atoms with Gasteiger partial charge in [-0.15, -0.1) is 0 Å². The van der Waals surface area contributed by atoms with Gasteiger partial charge in [0.1, 0.15) is 5.75 Å². The Morgan fingerprint density at radius 2 is 1.86 bits per heavy atom. The van der Waals surface area contributed by atoms with Gasteiger partial charge in [0.25, 0.3) is 5.89 Å². The second-order valence-corrected chi connectivity index (χ2v) is 7.20. The van der Waals surface area contributed by atoms with Gasteiger partial charge in [0, 0.05) is 11.1 Å². The van der Waals surface area contributed by atoms with E-state index in [2.05, 4.69) is 23.1 Å². The number of aryl methyl sites for hydroxylation is 2. The third-order valence-electron chi connectivity index (χ3n) is 4.39. The molecule has 154 valence electrons. The summed E-state index contributed by atoms with van der Waals surface area (Å²) >= 11 is 0. The Morgan fingerprint density at radius 3 is 2.48 bits per heavy atom. The molecule has 29 heavy (non-hydrogen) atoms. The van der Waals surface area contributed by atoms with E-state index in [1.807, 2.05) is 19.1 Å². The minimum absolute atomic E-state index is 0.0960. The molecule has 0 saturated carbocycles. The third-order valence-corrected chi connectivity index (χ3v) is 4.39. The first-order valence-corrected chi connectivity index (χ1v) is 9.51. The molecule has 0 fully saturated rings. The highest BCUT2D eigenvalue weighted by molar-refractivity contribution is 5.64. The Kier molecular flexibility index (Phi) is 5.96. The summed E-state index contributed by atoms with van der Waals surface area (Å²) in [5, 5.41) is 3.88. The number of benzene rings is 2. The summed E-state index contributed by atoms with van der Waals surface area (Å²) in [5.74, 6) is 0.151. The number of aromatic nitrogens is 2. The van der Waals surface area contributed by atoms with E-state index in [0.29, 0.717) is 0 Å². The molecule has 0 unspecified atom stereocenters. The lowest BCUT2D eigenvalue weighted by Crippen LogP contribution is -2.13. The lowest BCUT2D eigenvalue weighted by Gasteiger charge is -2.16. The van der Waals surface area contributed by atoms with E-state index >= 15 is 0 Å². The molecule has 0 bridgehead atoms. The molecule has 0 amide bonds. The Hall–Kier alpha value is -2.83.